The highest BCUT2D eigenvalue weighted by Crippen LogP contribution is 2.17. The van der Waals surface area contributed by atoms with Crippen molar-refractivity contribution in [2.75, 3.05) is 19.6 Å². The lowest BCUT2D eigenvalue weighted by molar-refractivity contribution is -0.925. The third-order valence-corrected chi connectivity index (χ3v) is 4.97. The Labute approximate surface area is 117 Å². The van der Waals surface area contributed by atoms with Gasteiger partial charge in [-0.25, -0.2) is 0 Å². The van der Waals surface area contributed by atoms with Crippen LogP contribution in [-0.4, -0.2) is 43.7 Å². The SMILES string of the molecule is CC[NH+]1CCC[C@H]1C[NH2+][C@@H](C)C(=O)NC1CCCC1. The third-order valence-electron chi connectivity index (χ3n) is 4.97. The van der Waals surface area contributed by atoms with Crippen molar-refractivity contribution in [3.63, 3.8) is 0 Å². The summed E-state index contributed by atoms with van der Waals surface area (Å²) in [6.45, 7) is 7.95. The van der Waals surface area contributed by atoms with Crippen LogP contribution in [0.2, 0.25) is 0 Å². The van der Waals surface area contributed by atoms with Gasteiger partial charge in [0, 0.05) is 18.9 Å². The van der Waals surface area contributed by atoms with Crippen LogP contribution >= 0.6 is 0 Å². The first-order valence-corrected chi connectivity index (χ1v) is 8.19. The van der Waals surface area contributed by atoms with Crippen molar-refractivity contribution in [3.8, 4) is 0 Å². The van der Waals surface area contributed by atoms with E-state index in [0.29, 0.717) is 6.04 Å². The van der Waals surface area contributed by atoms with Crippen molar-refractivity contribution in [1.29, 1.82) is 0 Å². The van der Waals surface area contributed by atoms with Crippen LogP contribution < -0.4 is 15.5 Å². The first kappa shape index (κ1) is 14.8. The fourth-order valence-corrected chi connectivity index (χ4v) is 3.61. The molecule has 110 valence electrons. The van der Waals surface area contributed by atoms with Crippen molar-refractivity contribution in [2.45, 2.75) is 70.5 Å². The van der Waals surface area contributed by atoms with E-state index in [1.165, 1.54) is 51.6 Å². The van der Waals surface area contributed by atoms with E-state index in [9.17, 15) is 4.79 Å². The summed E-state index contributed by atoms with van der Waals surface area (Å²) in [7, 11) is 0. The summed E-state index contributed by atoms with van der Waals surface area (Å²) in [5, 5.41) is 5.45. The standard InChI is InChI=1S/C15H29N3O/c1-3-18-10-6-9-14(18)11-16-12(2)15(19)17-13-7-4-5-8-13/h12-14,16H,3-11H2,1-2H3,(H,17,19)/p+2/t12-,14-/m0/s1. The summed E-state index contributed by atoms with van der Waals surface area (Å²) in [5.41, 5.74) is 0. The molecule has 1 aliphatic heterocycles. The smallest absolute Gasteiger partial charge is 0.278 e. The van der Waals surface area contributed by atoms with Gasteiger partial charge < -0.3 is 15.5 Å². The molecule has 4 N–H and O–H groups in total. The second kappa shape index (κ2) is 7.25. The quantitative estimate of drug-likeness (QED) is 0.573. The average Bonchev–Trinajstić information content (AvgIpc) is 3.06. The maximum Gasteiger partial charge on any atom is 0.278 e. The van der Waals surface area contributed by atoms with E-state index in [-0.39, 0.29) is 11.9 Å². The topological polar surface area (TPSA) is 50.2 Å². The molecule has 0 radical (unpaired) electrons. The van der Waals surface area contributed by atoms with Crippen molar-refractivity contribution >= 4 is 5.91 Å². The van der Waals surface area contributed by atoms with Crippen LogP contribution in [0.15, 0.2) is 0 Å². The Morgan fingerprint density at radius 2 is 2.05 bits per heavy atom. The molecule has 4 nitrogen and oxygen atoms in total. The van der Waals surface area contributed by atoms with Crippen LogP contribution in [0.5, 0.6) is 0 Å². The predicted molar refractivity (Wildman–Crippen MR) is 76.0 cm³/mol. The highest BCUT2D eigenvalue weighted by Gasteiger charge is 2.30. The third kappa shape index (κ3) is 4.18. The number of nitrogens with one attached hydrogen (secondary N) is 2. The Bertz CT molecular complexity index is 289. The second-order valence-corrected chi connectivity index (χ2v) is 6.35. The van der Waals surface area contributed by atoms with Gasteiger partial charge in [-0.05, 0) is 26.7 Å². The maximum absolute atomic E-state index is 12.1. The fourth-order valence-electron chi connectivity index (χ4n) is 3.61. The van der Waals surface area contributed by atoms with Crippen LogP contribution in [-0.2, 0) is 4.79 Å². The molecule has 19 heavy (non-hydrogen) atoms. The number of rotatable bonds is 6. The van der Waals surface area contributed by atoms with Gasteiger partial charge in [-0.3, -0.25) is 4.79 Å². The van der Waals surface area contributed by atoms with Crippen LogP contribution in [0.1, 0.15) is 52.4 Å². The number of hydrogen-bond acceptors (Lipinski definition) is 1. The molecule has 1 saturated heterocycles. The second-order valence-electron chi connectivity index (χ2n) is 6.35. The van der Waals surface area contributed by atoms with E-state index in [2.05, 4.69) is 17.6 Å². The summed E-state index contributed by atoms with van der Waals surface area (Å²) >= 11 is 0. The molecule has 2 rings (SSSR count). The fraction of sp³-hybridized carbons (Fsp3) is 0.933. The Balaban J connectivity index is 1.68. The van der Waals surface area contributed by atoms with Gasteiger partial charge in [0.25, 0.3) is 5.91 Å². The molecule has 1 heterocycles. The van der Waals surface area contributed by atoms with Crippen LogP contribution in [0.25, 0.3) is 0 Å². The van der Waals surface area contributed by atoms with Gasteiger partial charge in [0.05, 0.1) is 13.1 Å². The molecule has 1 saturated carbocycles. The van der Waals surface area contributed by atoms with Crippen molar-refractivity contribution < 1.29 is 15.0 Å². The minimum Gasteiger partial charge on any atom is -0.348 e. The first-order chi connectivity index (χ1) is 9.20. The van der Waals surface area contributed by atoms with Gasteiger partial charge in [-0.1, -0.05) is 12.8 Å². The van der Waals surface area contributed by atoms with Gasteiger partial charge in [-0.15, -0.1) is 0 Å². The van der Waals surface area contributed by atoms with Gasteiger partial charge in [0.1, 0.15) is 12.6 Å². The predicted octanol–water partition coefficient (Wildman–Crippen LogP) is -0.936. The van der Waals surface area contributed by atoms with E-state index in [4.69, 9.17) is 0 Å². The van der Waals surface area contributed by atoms with Crippen molar-refractivity contribution in [2.24, 2.45) is 0 Å². The van der Waals surface area contributed by atoms with Gasteiger partial charge >= 0.3 is 0 Å². The molecule has 1 amide bonds. The zero-order chi connectivity index (χ0) is 13.7. The summed E-state index contributed by atoms with van der Waals surface area (Å²) in [5.74, 6) is 0.239. The summed E-state index contributed by atoms with van der Waals surface area (Å²) in [6.07, 6.45) is 7.59. The number of likely N-dealkylation sites (N-methyl/N-ethyl adjacent to an activating group) is 1. The molecule has 0 aromatic heterocycles. The molecular weight excluding hydrogens is 238 g/mol. The minimum atomic E-state index is 0.0688. The number of carbonyl (C=O) groups is 1. The van der Waals surface area contributed by atoms with Crippen LogP contribution in [0, 0.1) is 0 Å². The van der Waals surface area contributed by atoms with E-state index >= 15 is 0 Å². The van der Waals surface area contributed by atoms with Gasteiger partial charge in [-0.2, -0.15) is 0 Å². The Hall–Kier alpha value is -0.610. The highest BCUT2D eigenvalue weighted by atomic mass is 16.2. The van der Waals surface area contributed by atoms with Crippen molar-refractivity contribution in [1.82, 2.24) is 5.32 Å². The molecule has 2 fully saturated rings. The minimum absolute atomic E-state index is 0.0688. The monoisotopic (exact) mass is 269 g/mol. The van der Waals surface area contributed by atoms with E-state index < -0.39 is 0 Å². The normalized spacial score (nSPS) is 29.6. The molecule has 4 heteroatoms. The summed E-state index contributed by atoms with van der Waals surface area (Å²) in [6, 6.07) is 1.28. The van der Waals surface area contributed by atoms with Gasteiger partial charge in [0.2, 0.25) is 0 Å². The molecule has 1 unspecified atom stereocenters. The molecule has 2 aliphatic rings. The number of amides is 1. The Morgan fingerprint density at radius 3 is 2.74 bits per heavy atom. The first-order valence-electron chi connectivity index (χ1n) is 8.19. The van der Waals surface area contributed by atoms with Crippen LogP contribution in [0.4, 0.5) is 0 Å². The van der Waals surface area contributed by atoms with Gasteiger partial charge in [0.15, 0.2) is 6.04 Å². The molecule has 0 aromatic carbocycles. The zero-order valence-corrected chi connectivity index (χ0v) is 12.6. The molecule has 1 aliphatic carbocycles. The van der Waals surface area contributed by atoms with E-state index in [1.54, 1.807) is 4.90 Å². The largest absolute Gasteiger partial charge is 0.348 e. The molecule has 0 spiro atoms. The van der Waals surface area contributed by atoms with Crippen molar-refractivity contribution in [3.05, 3.63) is 0 Å². The lowest BCUT2D eigenvalue weighted by atomic mass is 10.2. The number of likely N-dealkylation sites (tertiary alicyclic amines) is 1. The van der Waals surface area contributed by atoms with E-state index in [0.717, 1.165) is 12.6 Å². The van der Waals surface area contributed by atoms with Crippen LogP contribution in [0.3, 0.4) is 0 Å². The maximum atomic E-state index is 12.1. The summed E-state index contributed by atoms with van der Waals surface area (Å²) in [4.78, 5) is 13.8. The number of quaternary nitrogens is 2. The number of nitrogens with two attached hydrogens (primary N) is 1. The zero-order valence-electron chi connectivity index (χ0n) is 12.6. The lowest BCUT2D eigenvalue weighted by Gasteiger charge is -2.21. The Morgan fingerprint density at radius 1 is 1.32 bits per heavy atom. The van der Waals surface area contributed by atoms with E-state index in [1.807, 2.05) is 6.92 Å². The molecular formula is C15H31N3O+2. The molecule has 0 bridgehead atoms. The molecule has 3 atom stereocenters. The Kier molecular flexibility index (Phi) is 5.64. The number of carbonyl (C=O) groups excluding carboxylic acids is 1. The average molecular weight is 269 g/mol. The number of hydrogen-bond donors (Lipinski definition) is 3. The molecule has 0 aromatic rings. The highest BCUT2D eigenvalue weighted by molar-refractivity contribution is 5.80. The summed E-state index contributed by atoms with van der Waals surface area (Å²) < 4.78 is 0. The lowest BCUT2D eigenvalue weighted by Crippen LogP contribution is -3.16.